The minimum absolute atomic E-state index is 0.138. The lowest BCUT2D eigenvalue weighted by atomic mass is 9.96. The standard InChI is InChI=1S/C19H24N4O3/c1-12-15(24)20-10-7-11-23(12)17(25)14-9-6-5-8-13(14)16-21-18(22-26-16)19(2,3)4/h5-6,8-9,12H,7,10-11H2,1-4H3,(H,20,24). The summed E-state index contributed by atoms with van der Waals surface area (Å²) in [6.45, 7) is 8.82. The van der Waals surface area contributed by atoms with E-state index in [9.17, 15) is 9.59 Å². The fraction of sp³-hybridized carbons (Fsp3) is 0.474. The van der Waals surface area contributed by atoms with Crippen molar-refractivity contribution in [2.24, 2.45) is 0 Å². The molecule has 0 bridgehead atoms. The highest BCUT2D eigenvalue weighted by molar-refractivity contribution is 6.02. The summed E-state index contributed by atoms with van der Waals surface area (Å²) in [5, 5.41) is 6.87. The van der Waals surface area contributed by atoms with Crippen LogP contribution in [0.2, 0.25) is 0 Å². The first-order chi connectivity index (χ1) is 12.3. The number of benzene rings is 1. The van der Waals surface area contributed by atoms with Crippen molar-refractivity contribution in [3.8, 4) is 11.5 Å². The van der Waals surface area contributed by atoms with Crippen LogP contribution < -0.4 is 5.32 Å². The minimum atomic E-state index is -0.522. The number of hydrogen-bond donors (Lipinski definition) is 1. The zero-order chi connectivity index (χ0) is 18.9. The molecule has 1 aliphatic rings. The molecule has 3 rings (SSSR count). The summed E-state index contributed by atoms with van der Waals surface area (Å²) in [7, 11) is 0. The summed E-state index contributed by atoms with van der Waals surface area (Å²) in [4.78, 5) is 31.3. The van der Waals surface area contributed by atoms with Crippen LogP contribution in [0.15, 0.2) is 28.8 Å². The van der Waals surface area contributed by atoms with Gasteiger partial charge in [0.1, 0.15) is 6.04 Å². The van der Waals surface area contributed by atoms with Crippen molar-refractivity contribution in [2.45, 2.75) is 45.6 Å². The second-order valence-corrected chi connectivity index (χ2v) is 7.54. The van der Waals surface area contributed by atoms with Gasteiger partial charge in [0, 0.05) is 18.5 Å². The van der Waals surface area contributed by atoms with E-state index in [1.807, 2.05) is 26.8 Å². The molecule has 2 heterocycles. The lowest BCUT2D eigenvalue weighted by Gasteiger charge is -2.26. The third kappa shape index (κ3) is 3.47. The molecule has 1 N–H and O–H groups in total. The maximum absolute atomic E-state index is 13.2. The first kappa shape index (κ1) is 18.1. The average Bonchev–Trinajstić information content (AvgIpc) is 3.05. The maximum atomic E-state index is 13.2. The highest BCUT2D eigenvalue weighted by atomic mass is 16.5. The largest absolute Gasteiger partial charge is 0.354 e. The van der Waals surface area contributed by atoms with Gasteiger partial charge in [-0.3, -0.25) is 9.59 Å². The Morgan fingerprint density at radius 2 is 2.04 bits per heavy atom. The molecule has 7 heteroatoms. The second-order valence-electron chi connectivity index (χ2n) is 7.54. The molecule has 1 saturated heterocycles. The predicted octanol–water partition coefficient (Wildman–Crippen LogP) is 2.38. The van der Waals surface area contributed by atoms with Crippen LogP contribution in [-0.4, -0.2) is 46.0 Å². The number of amides is 2. The lowest BCUT2D eigenvalue weighted by molar-refractivity contribution is -0.124. The van der Waals surface area contributed by atoms with Gasteiger partial charge < -0.3 is 14.7 Å². The summed E-state index contributed by atoms with van der Waals surface area (Å²) >= 11 is 0. The highest BCUT2D eigenvalue weighted by Gasteiger charge is 2.31. The SMILES string of the molecule is CC1C(=O)NCCCN1C(=O)c1ccccc1-c1nc(C(C)(C)C)no1. The molecule has 0 saturated carbocycles. The molecule has 0 spiro atoms. The van der Waals surface area contributed by atoms with Gasteiger partial charge >= 0.3 is 0 Å². The zero-order valence-corrected chi connectivity index (χ0v) is 15.6. The molecule has 1 aromatic heterocycles. The van der Waals surface area contributed by atoms with E-state index in [0.717, 1.165) is 6.42 Å². The summed E-state index contributed by atoms with van der Waals surface area (Å²) < 4.78 is 5.42. The van der Waals surface area contributed by atoms with Gasteiger partial charge in [0.25, 0.3) is 11.8 Å². The third-order valence-corrected chi connectivity index (χ3v) is 4.47. The molecule has 1 atom stereocenters. The van der Waals surface area contributed by atoms with Crippen LogP contribution in [0.3, 0.4) is 0 Å². The van der Waals surface area contributed by atoms with Gasteiger partial charge in [-0.15, -0.1) is 0 Å². The van der Waals surface area contributed by atoms with E-state index in [2.05, 4.69) is 15.5 Å². The van der Waals surface area contributed by atoms with Crippen LogP contribution in [0.1, 0.15) is 50.3 Å². The Morgan fingerprint density at radius 1 is 1.31 bits per heavy atom. The molecule has 7 nitrogen and oxygen atoms in total. The highest BCUT2D eigenvalue weighted by Crippen LogP contribution is 2.27. The van der Waals surface area contributed by atoms with Gasteiger partial charge in [-0.1, -0.05) is 38.1 Å². The molecule has 0 aliphatic carbocycles. The van der Waals surface area contributed by atoms with Crippen LogP contribution in [0, 0.1) is 0 Å². The van der Waals surface area contributed by atoms with Crippen molar-refractivity contribution in [3.05, 3.63) is 35.7 Å². The van der Waals surface area contributed by atoms with Gasteiger partial charge in [0.2, 0.25) is 5.91 Å². The van der Waals surface area contributed by atoms with Crippen molar-refractivity contribution in [1.29, 1.82) is 0 Å². The molecule has 1 fully saturated rings. The van der Waals surface area contributed by atoms with Gasteiger partial charge in [-0.05, 0) is 25.5 Å². The van der Waals surface area contributed by atoms with Gasteiger partial charge in [0.15, 0.2) is 5.82 Å². The van der Waals surface area contributed by atoms with Crippen molar-refractivity contribution >= 4 is 11.8 Å². The Labute approximate surface area is 152 Å². The number of carbonyl (C=O) groups is 2. The number of carbonyl (C=O) groups excluding carboxylic acids is 2. The number of hydrogen-bond acceptors (Lipinski definition) is 5. The first-order valence-corrected chi connectivity index (χ1v) is 8.81. The molecule has 2 amide bonds. The topological polar surface area (TPSA) is 88.3 Å². The van der Waals surface area contributed by atoms with Crippen LogP contribution in [0.4, 0.5) is 0 Å². The molecular formula is C19H24N4O3. The Balaban J connectivity index is 1.98. The van der Waals surface area contributed by atoms with Crippen molar-refractivity contribution < 1.29 is 14.1 Å². The average molecular weight is 356 g/mol. The van der Waals surface area contributed by atoms with E-state index in [1.165, 1.54) is 0 Å². The molecule has 26 heavy (non-hydrogen) atoms. The van der Waals surface area contributed by atoms with Crippen molar-refractivity contribution in [2.75, 3.05) is 13.1 Å². The summed E-state index contributed by atoms with van der Waals surface area (Å²) in [6.07, 6.45) is 0.721. The minimum Gasteiger partial charge on any atom is -0.354 e. The van der Waals surface area contributed by atoms with Crippen LogP contribution in [0.5, 0.6) is 0 Å². The van der Waals surface area contributed by atoms with E-state index < -0.39 is 6.04 Å². The Morgan fingerprint density at radius 3 is 2.73 bits per heavy atom. The molecule has 1 aromatic carbocycles. The van der Waals surface area contributed by atoms with E-state index in [0.29, 0.717) is 35.9 Å². The van der Waals surface area contributed by atoms with E-state index >= 15 is 0 Å². The monoisotopic (exact) mass is 356 g/mol. The van der Waals surface area contributed by atoms with Gasteiger partial charge in [-0.2, -0.15) is 4.98 Å². The summed E-state index contributed by atoms with van der Waals surface area (Å²) in [5.74, 6) is 0.546. The van der Waals surface area contributed by atoms with Crippen molar-refractivity contribution in [1.82, 2.24) is 20.4 Å². The summed E-state index contributed by atoms with van der Waals surface area (Å²) in [5.41, 5.74) is 0.786. The summed E-state index contributed by atoms with van der Waals surface area (Å²) in [6, 6.07) is 6.61. The number of nitrogens with zero attached hydrogens (tertiary/aromatic N) is 3. The number of rotatable bonds is 2. The third-order valence-electron chi connectivity index (χ3n) is 4.47. The van der Waals surface area contributed by atoms with Gasteiger partial charge in [-0.25, -0.2) is 0 Å². The zero-order valence-electron chi connectivity index (χ0n) is 15.6. The quantitative estimate of drug-likeness (QED) is 0.892. The van der Waals surface area contributed by atoms with Crippen LogP contribution in [0.25, 0.3) is 11.5 Å². The molecular weight excluding hydrogens is 332 g/mol. The fourth-order valence-electron chi connectivity index (χ4n) is 2.87. The smallest absolute Gasteiger partial charge is 0.258 e. The molecule has 2 aromatic rings. The predicted molar refractivity (Wildman–Crippen MR) is 96.6 cm³/mol. The van der Waals surface area contributed by atoms with Crippen molar-refractivity contribution in [3.63, 3.8) is 0 Å². The maximum Gasteiger partial charge on any atom is 0.258 e. The normalized spacial score (nSPS) is 18.4. The number of aromatic nitrogens is 2. The fourth-order valence-corrected chi connectivity index (χ4v) is 2.87. The Kier molecular flexibility index (Phi) is 4.80. The van der Waals surface area contributed by atoms with E-state index in [4.69, 9.17) is 4.52 Å². The van der Waals surface area contributed by atoms with Crippen LogP contribution in [-0.2, 0) is 10.2 Å². The number of nitrogens with one attached hydrogen (secondary N) is 1. The Bertz CT molecular complexity index is 822. The molecule has 138 valence electrons. The van der Waals surface area contributed by atoms with Crippen LogP contribution >= 0.6 is 0 Å². The van der Waals surface area contributed by atoms with Gasteiger partial charge in [0.05, 0.1) is 11.1 Å². The lowest BCUT2D eigenvalue weighted by Crippen LogP contribution is -2.45. The molecule has 0 radical (unpaired) electrons. The van der Waals surface area contributed by atoms with E-state index in [1.54, 1.807) is 30.0 Å². The second kappa shape index (κ2) is 6.90. The van der Waals surface area contributed by atoms with E-state index in [-0.39, 0.29) is 17.2 Å². The molecule has 1 aliphatic heterocycles. The Hall–Kier alpha value is -2.70. The first-order valence-electron chi connectivity index (χ1n) is 8.81. The molecule has 1 unspecified atom stereocenters.